The molecule has 0 saturated carbocycles. The monoisotopic (exact) mass is 320 g/mol. The Morgan fingerprint density at radius 3 is 2.06 bits per heavy atom. The van der Waals surface area contributed by atoms with Gasteiger partial charge in [0.1, 0.15) is 5.60 Å². The first-order chi connectivity index (χ1) is 7.42. The number of ether oxygens (including phenoxy) is 1. The lowest BCUT2D eigenvalue weighted by molar-refractivity contribution is 0.0150. The van der Waals surface area contributed by atoms with Crippen molar-refractivity contribution in [2.45, 2.75) is 26.4 Å². The van der Waals surface area contributed by atoms with Crippen LogP contribution in [-0.2, 0) is 4.74 Å². The molecule has 1 aliphatic heterocycles. The highest BCUT2D eigenvalue weighted by Crippen LogP contribution is 2.11. The van der Waals surface area contributed by atoms with Crippen LogP contribution >= 0.6 is 36.4 Å². The molecule has 1 heterocycles. The number of rotatable bonds is 2. The molecule has 1 rings (SSSR count). The molecule has 18 heavy (non-hydrogen) atoms. The Kier molecular flexibility index (Phi) is 10.3. The van der Waals surface area contributed by atoms with Gasteiger partial charge in [-0.15, -0.1) is 36.4 Å². The van der Waals surface area contributed by atoms with Crippen LogP contribution in [-0.4, -0.2) is 60.1 Å². The van der Waals surface area contributed by atoms with E-state index < -0.39 is 5.60 Å². The van der Waals surface area contributed by atoms with E-state index in [2.05, 4.69) is 4.90 Å². The van der Waals surface area contributed by atoms with E-state index in [4.69, 9.17) is 16.3 Å². The topological polar surface area (TPSA) is 32.8 Å². The largest absolute Gasteiger partial charge is 0.444 e. The predicted molar refractivity (Wildman–Crippen MR) is 79.5 cm³/mol. The molecule has 110 valence electrons. The Morgan fingerprint density at radius 1 is 1.17 bits per heavy atom. The van der Waals surface area contributed by atoms with Crippen LogP contribution in [0.4, 0.5) is 4.79 Å². The van der Waals surface area contributed by atoms with E-state index in [1.165, 1.54) is 0 Å². The Balaban J connectivity index is 0. The van der Waals surface area contributed by atoms with Crippen LogP contribution in [0.25, 0.3) is 0 Å². The average Bonchev–Trinajstić information content (AvgIpc) is 2.16. The molecule has 0 spiro atoms. The highest BCUT2D eigenvalue weighted by Gasteiger charge is 2.25. The smallest absolute Gasteiger partial charge is 0.410 e. The molecule has 1 amide bonds. The summed E-state index contributed by atoms with van der Waals surface area (Å²) in [5, 5.41) is 0. The Bertz CT molecular complexity index is 239. The summed E-state index contributed by atoms with van der Waals surface area (Å²) in [5.74, 6) is 0.645. The fraction of sp³-hybridized carbons (Fsp3) is 0.909. The molecule has 0 atom stereocenters. The van der Waals surface area contributed by atoms with Gasteiger partial charge in [-0.1, -0.05) is 0 Å². The molecule has 0 aromatic rings. The Morgan fingerprint density at radius 2 is 1.67 bits per heavy atom. The SMILES string of the molecule is CC(C)(C)OC(=O)N1CCN(CCCl)CC1.Cl.Cl. The molecule has 0 radical (unpaired) electrons. The van der Waals surface area contributed by atoms with Gasteiger partial charge >= 0.3 is 6.09 Å². The maximum absolute atomic E-state index is 11.7. The molecule has 7 heteroatoms. The third-order valence-corrected chi connectivity index (χ3v) is 2.59. The highest BCUT2D eigenvalue weighted by molar-refractivity contribution is 6.18. The third kappa shape index (κ3) is 7.52. The van der Waals surface area contributed by atoms with Gasteiger partial charge in [0.25, 0.3) is 0 Å². The second-order valence-electron chi connectivity index (χ2n) is 5.00. The second-order valence-corrected chi connectivity index (χ2v) is 5.38. The first-order valence-corrected chi connectivity index (χ1v) is 6.22. The van der Waals surface area contributed by atoms with E-state index in [9.17, 15) is 4.79 Å². The summed E-state index contributed by atoms with van der Waals surface area (Å²) in [7, 11) is 0. The number of piperazine rings is 1. The van der Waals surface area contributed by atoms with Crippen LogP contribution in [0.2, 0.25) is 0 Å². The minimum Gasteiger partial charge on any atom is -0.444 e. The van der Waals surface area contributed by atoms with Crippen LogP contribution in [0, 0.1) is 0 Å². The number of carbonyl (C=O) groups is 1. The number of carbonyl (C=O) groups excluding carboxylic acids is 1. The number of nitrogens with zero attached hydrogens (tertiary/aromatic N) is 2. The maximum Gasteiger partial charge on any atom is 0.410 e. The lowest BCUT2D eigenvalue weighted by Crippen LogP contribution is -2.50. The lowest BCUT2D eigenvalue weighted by atomic mass is 10.2. The van der Waals surface area contributed by atoms with E-state index in [-0.39, 0.29) is 30.9 Å². The van der Waals surface area contributed by atoms with Crippen molar-refractivity contribution in [2.75, 3.05) is 38.6 Å². The summed E-state index contributed by atoms with van der Waals surface area (Å²) in [6.45, 7) is 9.76. The van der Waals surface area contributed by atoms with Gasteiger partial charge in [-0.3, -0.25) is 4.90 Å². The van der Waals surface area contributed by atoms with Gasteiger partial charge in [0.2, 0.25) is 0 Å². The second kappa shape index (κ2) is 9.08. The van der Waals surface area contributed by atoms with Gasteiger partial charge in [-0.05, 0) is 20.8 Å². The van der Waals surface area contributed by atoms with Crippen molar-refractivity contribution < 1.29 is 9.53 Å². The summed E-state index contributed by atoms with van der Waals surface area (Å²) in [6.07, 6.45) is -0.210. The Hall–Kier alpha value is 0.1000. The summed E-state index contributed by atoms with van der Waals surface area (Å²) < 4.78 is 5.31. The van der Waals surface area contributed by atoms with Crippen LogP contribution in [0.3, 0.4) is 0 Å². The Labute approximate surface area is 127 Å². The quantitative estimate of drug-likeness (QED) is 0.733. The van der Waals surface area contributed by atoms with Crippen molar-refractivity contribution in [1.29, 1.82) is 0 Å². The lowest BCUT2D eigenvalue weighted by Gasteiger charge is -2.35. The maximum atomic E-state index is 11.7. The van der Waals surface area contributed by atoms with Gasteiger partial charge in [-0.25, -0.2) is 4.79 Å². The molecule has 0 aromatic heterocycles. The minimum atomic E-state index is -0.412. The molecule has 0 aromatic carbocycles. The fourth-order valence-electron chi connectivity index (χ4n) is 1.60. The van der Waals surface area contributed by atoms with Crippen LogP contribution in [0.15, 0.2) is 0 Å². The molecule has 4 nitrogen and oxygen atoms in total. The third-order valence-electron chi connectivity index (χ3n) is 2.42. The van der Waals surface area contributed by atoms with Gasteiger partial charge in [-0.2, -0.15) is 0 Å². The molecule has 0 unspecified atom stereocenters. The zero-order valence-electron chi connectivity index (χ0n) is 11.1. The van der Waals surface area contributed by atoms with Gasteiger partial charge < -0.3 is 9.64 Å². The van der Waals surface area contributed by atoms with Crippen molar-refractivity contribution in [2.24, 2.45) is 0 Å². The zero-order chi connectivity index (χ0) is 12.2. The average molecular weight is 322 g/mol. The molecule has 0 bridgehead atoms. The molecule has 0 N–H and O–H groups in total. The van der Waals surface area contributed by atoms with Crippen molar-refractivity contribution in [1.82, 2.24) is 9.80 Å². The minimum absolute atomic E-state index is 0. The van der Waals surface area contributed by atoms with Crippen molar-refractivity contribution in [3.05, 3.63) is 0 Å². The summed E-state index contributed by atoms with van der Waals surface area (Å²) >= 11 is 5.67. The highest BCUT2D eigenvalue weighted by atomic mass is 35.5. The number of hydrogen-bond acceptors (Lipinski definition) is 3. The van der Waals surface area contributed by atoms with E-state index in [1.807, 2.05) is 20.8 Å². The standard InChI is InChI=1S/C11H21ClN2O2.2ClH/c1-11(2,3)16-10(15)14-8-6-13(5-4-12)7-9-14;;/h4-9H2,1-3H3;2*1H. The zero-order valence-corrected chi connectivity index (χ0v) is 13.5. The predicted octanol–water partition coefficient (Wildman–Crippen LogP) is 2.62. The number of hydrogen-bond donors (Lipinski definition) is 0. The first-order valence-electron chi connectivity index (χ1n) is 5.68. The normalized spacial score (nSPS) is 16.6. The molecular weight excluding hydrogens is 298 g/mol. The number of amides is 1. The molecule has 1 aliphatic rings. The van der Waals surface area contributed by atoms with E-state index >= 15 is 0 Å². The van der Waals surface area contributed by atoms with Crippen LogP contribution < -0.4 is 0 Å². The molecule has 0 aliphatic carbocycles. The summed E-state index contributed by atoms with van der Waals surface area (Å²) in [5.41, 5.74) is -0.412. The van der Waals surface area contributed by atoms with Crippen LogP contribution in [0.1, 0.15) is 20.8 Å². The summed E-state index contributed by atoms with van der Waals surface area (Å²) in [6, 6.07) is 0. The van der Waals surface area contributed by atoms with Crippen molar-refractivity contribution in [3.8, 4) is 0 Å². The van der Waals surface area contributed by atoms with Crippen LogP contribution in [0.5, 0.6) is 0 Å². The molecule has 1 saturated heterocycles. The van der Waals surface area contributed by atoms with E-state index in [1.54, 1.807) is 4.90 Å². The van der Waals surface area contributed by atoms with E-state index in [0.717, 1.165) is 32.7 Å². The van der Waals surface area contributed by atoms with Gasteiger partial charge in [0, 0.05) is 38.6 Å². The van der Waals surface area contributed by atoms with Crippen molar-refractivity contribution in [3.63, 3.8) is 0 Å². The first kappa shape index (κ1) is 20.4. The number of alkyl halides is 1. The van der Waals surface area contributed by atoms with Gasteiger partial charge in [0.05, 0.1) is 0 Å². The summed E-state index contributed by atoms with van der Waals surface area (Å²) in [4.78, 5) is 15.8. The van der Waals surface area contributed by atoms with Gasteiger partial charge in [0.15, 0.2) is 0 Å². The fourth-order valence-corrected chi connectivity index (χ4v) is 1.84. The molecule has 1 fully saturated rings. The van der Waals surface area contributed by atoms with Crippen molar-refractivity contribution >= 4 is 42.5 Å². The number of halogens is 3. The molecular formula is C11H23Cl3N2O2. The van der Waals surface area contributed by atoms with E-state index in [0.29, 0.717) is 5.88 Å².